The molecule has 1 aromatic carbocycles. The molecule has 4 heteroatoms. The number of aryl methyl sites for hydroxylation is 1. The second kappa shape index (κ2) is 5.19. The van der Waals surface area contributed by atoms with Gasteiger partial charge in [0.25, 0.3) is 5.91 Å². The van der Waals surface area contributed by atoms with Gasteiger partial charge in [0.2, 0.25) is 0 Å². The van der Waals surface area contributed by atoms with Crippen LogP contribution < -0.4 is 0 Å². The Hall–Kier alpha value is -0.870. The molecular formula is C13H16BrNO2. The van der Waals surface area contributed by atoms with Crippen molar-refractivity contribution in [2.45, 2.75) is 19.4 Å². The Morgan fingerprint density at radius 1 is 1.53 bits per heavy atom. The average molecular weight is 298 g/mol. The molecule has 17 heavy (non-hydrogen) atoms. The standard InChI is InChI=1S/C13H16BrNO2/c1-9-7-10(14)3-4-12(9)13(16)15-6-5-11(8-15)17-2/h3-4,7,11H,5-6,8H2,1-2H3. The Morgan fingerprint density at radius 3 is 2.88 bits per heavy atom. The maximum Gasteiger partial charge on any atom is 0.254 e. The second-order valence-electron chi connectivity index (χ2n) is 4.36. The minimum absolute atomic E-state index is 0.106. The Labute approximate surface area is 110 Å². The highest BCUT2D eigenvalue weighted by molar-refractivity contribution is 9.10. The van der Waals surface area contributed by atoms with E-state index in [1.54, 1.807) is 7.11 Å². The highest BCUT2D eigenvalue weighted by Gasteiger charge is 2.27. The molecule has 1 aliphatic rings. The van der Waals surface area contributed by atoms with Crippen LogP contribution in [-0.4, -0.2) is 37.1 Å². The first-order valence-corrected chi connectivity index (χ1v) is 6.49. The first-order chi connectivity index (χ1) is 8.11. The summed E-state index contributed by atoms with van der Waals surface area (Å²) in [6.07, 6.45) is 1.12. The van der Waals surface area contributed by atoms with Crippen LogP contribution in [0.5, 0.6) is 0 Å². The third kappa shape index (κ3) is 2.69. The minimum atomic E-state index is 0.106. The third-order valence-electron chi connectivity index (χ3n) is 3.18. The average Bonchev–Trinajstić information content (AvgIpc) is 2.76. The highest BCUT2D eigenvalue weighted by Crippen LogP contribution is 2.20. The van der Waals surface area contributed by atoms with Crippen LogP contribution in [0.15, 0.2) is 22.7 Å². The lowest BCUT2D eigenvalue weighted by atomic mass is 10.1. The number of hydrogen-bond donors (Lipinski definition) is 0. The van der Waals surface area contributed by atoms with E-state index in [9.17, 15) is 4.79 Å². The fraction of sp³-hybridized carbons (Fsp3) is 0.462. The Bertz CT molecular complexity index is 433. The maximum absolute atomic E-state index is 12.3. The molecule has 1 aliphatic heterocycles. The normalized spacial score (nSPS) is 19.7. The quantitative estimate of drug-likeness (QED) is 0.840. The lowest BCUT2D eigenvalue weighted by molar-refractivity contribution is 0.0723. The molecule has 1 atom stereocenters. The molecule has 3 nitrogen and oxygen atoms in total. The number of halogens is 1. The van der Waals surface area contributed by atoms with Gasteiger partial charge in [-0.2, -0.15) is 0 Å². The predicted molar refractivity (Wildman–Crippen MR) is 70.2 cm³/mol. The van der Waals surface area contributed by atoms with Gasteiger partial charge in [-0.1, -0.05) is 15.9 Å². The molecule has 1 amide bonds. The number of nitrogens with zero attached hydrogens (tertiary/aromatic N) is 1. The Morgan fingerprint density at radius 2 is 2.29 bits per heavy atom. The zero-order chi connectivity index (χ0) is 12.4. The van der Waals surface area contributed by atoms with Gasteiger partial charge >= 0.3 is 0 Å². The van der Waals surface area contributed by atoms with Gasteiger partial charge in [0.15, 0.2) is 0 Å². The van der Waals surface area contributed by atoms with E-state index < -0.39 is 0 Å². The summed E-state index contributed by atoms with van der Waals surface area (Å²) in [5.41, 5.74) is 1.79. The fourth-order valence-corrected chi connectivity index (χ4v) is 2.62. The largest absolute Gasteiger partial charge is 0.380 e. The number of methoxy groups -OCH3 is 1. The van der Waals surface area contributed by atoms with Gasteiger partial charge in [-0.15, -0.1) is 0 Å². The summed E-state index contributed by atoms with van der Waals surface area (Å²) in [5.74, 6) is 0.106. The van der Waals surface area contributed by atoms with E-state index in [0.29, 0.717) is 6.54 Å². The molecule has 1 saturated heterocycles. The van der Waals surface area contributed by atoms with Gasteiger partial charge in [0.1, 0.15) is 0 Å². The SMILES string of the molecule is COC1CCN(C(=O)c2ccc(Br)cc2C)C1. The first-order valence-electron chi connectivity index (χ1n) is 5.70. The maximum atomic E-state index is 12.3. The summed E-state index contributed by atoms with van der Waals surface area (Å²) in [6.45, 7) is 3.44. The summed E-state index contributed by atoms with van der Waals surface area (Å²) in [7, 11) is 1.70. The smallest absolute Gasteiger partial charge is 0.254 e. The van der Waals surface area contributed by atoms with Crippen LogP contribution in [0.2, 0.25) is 0 Å². The Kier molecular flexibility index (Phi) is 3.84. The number of ether oxygens (including phenoxy) is 1. The molecular weight excluding hydrogens is 282 g/mol. The molecule has 0 spiro atoms. The van der Waals surface area contributed by atoms with Crippen molar-refractivity contribution in [3.8, 4) is 0 Å². The summed E-state index contributed by atoms with van der Waals surface area (Å²) < 4.78 is 6.28. The second-order valence-corrected chi connectivity index (χ2v) is 5.27. The van der Waals surface area contributed by atoms with E-state index in [2.05, 4.69) is 15.9 Å². The van der Waals surface area contributed by atoms with Gasteiger partial charge in [0, 0.05) is 30.2 Å². The topological polar surface area (TPSA) is 29.5 Å². The number of carbonyl (C=O) groups is 1. The molecule has 0 radical (unpaired) electrons. The molecule has 1 unspecified atom stereocenters. The van der Waals surface area contributed by atoms with Crippen molar-refractivity contribution in [3.05, 3.63) is 33.8 Å². The number of hydrogen-bond acceptors (Lipinski definition) is 2. The molecule has 2 rings (SSSR count). The van der Waals surface area contributed by atoms with Crippen LogP contribution >= 0.6 is 15.9 Å². The van der Waals surface area contributed by atoms with Crippen molar-refractivity contribution in [1.29, 1.82) is 0 Å². The third-order valence-corrected chi connectivity index (χ3v) is 3.68. The van der Waals surface area contributed by atoms with E-state index in [1.165, 1.54) is 0 Å². The van der Waals surface area contributed by atoms with Crippen molar-refractivity contribution in [3.63, 3.8) is 0 Å². The van der Waals surface area contributed by atoms with E-state index in [4.69, 9.17) is 4.74 Å². The van der Waals surface area contributed by atoms with Crippen molar-refractivity contribution in [2.75, 3.05) is 20.2 Å². The van der Waals surface area contributed by atoms with Crippen molar-refractivity contribution in [1.82, 2.24) is 4.90 Å². The van der Waals surface area contributed by atoms with Crippen LogP contribution in [0.1, 0.15) is 22.3 Å². The van der Waals surface area contributed by atoms with Gasteiger partial charge in [-0.3, -0.25) is 4.79 Å². The van der Waals surface area contributed by atoms with Crippen LogP contribution in [0.3, 0.4) is 0 Å². The Balaban J connectivity index is 2.15. The predicted octanol–water partition coefficient (Wildman–Crippen LogP) is 2.62. The molecule has 0 aromatic heterocycles. The van der Waals surface area contributed by atoms with Crippen molar-refractivity contribution < 1.29 is 9.53 Å². The number of rotatable bonds is 2. The van der Waals surface area contributed by atoms with Gasteiger partial charge in [-0.05, 0) is 37.1 Å². The molecule has 0 saturated carbocycles. The van der Waals surface area contributed by atoms with E-state index in [0.717, 1.165) is 28.6 Å². The zero-order valence-electron chi connectivity index (χ0n) is 10.1. The lowest BCUT2D eigenvalue weighted by Crippen LogP contribution is -2.30. The van der Waals surface area contributed by atoms with Crippen molar-refractivity contribution in [2.24, 2.45) is 0 Å². The van der Waals surface area contributed by atoms with Gasteiger partial charge in [-0.25, -0.2) is 0 Å². The summed E-state index contributed by atoms with van der Waals surface area (Å²) >= 11 is 3.40. The lowest BCUT2D eigenvalue weighted by Gasteiger charge is -2.17. The van der Waals surface area contributed by atoms with Gasteiger partial charge < -0.3 is 9.64 Å². The molecule has 1 aromatic rings. The van der Waals surface area contributed by atoms with Crippen LogP contribution in [-0.2, 0) is 4.74 Å². The monoisotopic (exact) mass is 297 g/mol. The minimum Gasteiger partial charge on any atom is -0.380 e. The number of amides is 1. The summed E-state index contributed by atoms with van der Waals surface area (Å²) in [6, 6.07) is 5.75. The molecule has 0 N–H and O–H groups in total. The molecule has 0 aliphatic carbocycles. The molecule has 1 fully saturated rings. The molecule has 1 heterocycles. The van der Waals surface area contributed by atoms with Gasteiger partial charge in [0.05, 0.1) is 6.10 Å². The number of likely N-dealkylation sites (tertiary alicyclic amines) is 1. The fourth-order valence-electron chi connectivity index (χ4n) is 2.14. The number of carbonyl (C=O) groups excluding carboxylic acids is 1. The van der Waals surface area contributed by atoms with Crippen LogP contribution in [0, 0.1) is 6.92 Å². The first kappa shape index (κ1) is 12.6. The zero-order valence-corrected chi connectivity index (χ0v) is 11.7. The van der Waals surface area contributed by atoms with E-state index >= 15 is 0 Å². The van der Waals surface area contributed by atoms with E-state index in [-0.39, 0.29) is 12.0 Å². The van der Waals surface area contributed by atoms with Crippen LogP contribution in [0.4, 0.5) is 0 Å². The van der Waals surface area contributed by atoms with Crippen molar-refractivity contribution >= 4 is 21.8 Å². The van der Waals surface area contributed by atoms with Crippen LogP contribution in [0.25, 0.3) is 0 Å². The summed E-state index contributed by atoms with van der Waals surface area (Å²) in [4.78, 5) is 14.2. The highest BCUT2D eigenvalue weighted by atomic mass is 79.9. The molecule has 92 valence electrons. The summed E-state index contributed by atoms with van der Waals surface area (Å²) in [5, 5.41) is 0. The number of benzene rings is 1. The van der Waals surface area contributed by atoms with E-state index in [1.807, 2.05) is 30.0 Å². The molecule has 0 bridgehead atoms.